The zero-order valence-corrected chi connectivity index (χ0v) is 12.2. The van der Waals surface area contributed by atoms with Gasteiger partial charge in [-0.1, -0.05) is 12.8 Å². The smallest absolute Gasteiger partial charge is 0.325 e. The van der Waals surface area contributed by atoms with Crippen molar-refractivity contribution < 1.29 is 9.53 Å². The maximum Gasteiger partial charge on any atom is 0.325 e. The van der Waals surface area contributed by atoms with Crippen LogP contribution in [0.2, 0.25) is 0 Å². The maximum absolute atomic E-state index is 11.8. The quantitative estimate of drug-likeness (QED) is 0.738. The number of hydrogen-bond donors (Lipinski definition) is 1. The molecule has 1 saturated carbocycles. The Kier molecular flexibility index (Phi) is 5.60. The van der Waals surface area contributed by atoms with Gasteiger partial charge in [-0.05, 0) is 47.1 Å². The molecule has 0 aromatic rings. The summed E-state index contributed by atoms with van der Waals surface area (Å²) in [7, 11) is 2.14. The topological polar surface area (TPSA) is 55.6 Å². The second-order valence-corrected chi connectivity index (χ2v) is 5.79. The standard InChI is InChI=1S/C14H28N2O2/c1-5-18-13(17)14(3,15)10-11(2)16(4)12-8-6-7-9-12/h11-12H,5-10,15H2,1-4H3. The van der Waals surface area contributed by atoms with Crippen LogP contribution in [-0.2, 0) is 9.53 Å². The summed E-state index contributed by atoms with van der Waals surface area (Å²) in [5.74, 6) is -0.295. The Morgan fingerprint density at radius 3 is 2.56 bits per heavy atom. The number of ether oxygens (including phenoxy) is 1. The van der Waals surface area contributed by atoms with Crippen molar-refractivity contribution in [2.75, 3.05) is 13.7 Å². The third-order valence-electron chi connectivity index (χ3n) is 4.06. The van der Waals surface area contributed by atoms with Crippen LogP contribution in [0.3, 0.4) is 0 Å². The van der Waals surface area contributed by atoms with Gasteiger partial charge in [-0.25, -0.2) is 0 Å². The molecule has 0 aromatic carbocycles. The lowest BCUT2D eigenvalue weighted by Crippen LogP contribution is -2.51. The SMILES string of the molecule is CCOC(=O)C(C)(N)CC(C)N(C)C1CCCC1. The van der Waals surface area contributed by atoms with Crippen LogP contribution in [0.25, 0.3) is 0 Å². The van der Waals surface area contributed by atoms with Crippen LogP contribution in [0.4, 0.5) is 0 Å². The van der Waals surface area contributed by atoms with Crippen molar-refractivity contribution in [2.45, 2.75) is 70.5 Å². The van der Waals surface area contributed by atoms with Gasteiger partial charge in [0.1, 0.15) is 5.54 Å². The normalized spacial score (nSPS) is 21.9. The largest absolute Gasteiger partial charge is 0.465 e. The molecule has 1 rings (SSSR count). The first-order valence-corrected chi connectivity index (χ1v) is 7.06. The lowest BCUT2D eigenvalue weighted by atomic mass is 9.93. The van der Waals surface area contributed by atoms with Gasteiger partial charge in [-0.2, -0.15) is 0 Å². The highest BCUT2D eigenvalue weighted by molar-refractivity contribution is 5.80. The van der Waals surface area contributed by atoms with Gasteiger partial charge in [0, 0.05) is 12.1 Å². The lowest BCUT2D eigenvalue weighted by Gasteiger charge is -2.34. The highest BCUT2D eigenvalue weighted by Gasteiger charge is 2.34. The van der Waals surface area contributed by atoms with Crippen molar-refractivity contribution >= 4 is 5.97 Å². The summed E-state index contributed by atoms with van der Waals surface area (Å²) in [6.45, 7) is 6.10. The van der Waals surface area contributed by atoms with Crippen molar-refractivity contribution in [3.05, 3.63) is 0 Å². The summed E-state index contributed by atoms with van der Waals surface area (Å²) in [6, 6.07) is 0.950. The molecule has 1 aliphatic carbocycles. The molecule has 1 aliphatic rings. The zero-order valence-electron chi connectivity index (χ0n) is 12.2. The Bertz CT molecular complexity index is 273. The summed E-state index contributed by atoms with van der Waals surface area (Å²) in [4.78, 5) is 14.2. The molecule has 4 nitrogen and oxygen atoms in total. The fourth-order valence-corrected chi connectivity index (χ4v) is 2.81. The molecule has 4 heteroatoms. The molecular formula is C14H28N2O2. The van der Waals surface area contributed by atoms with E-state index in [2.05, 4.69) is 18.9 Å². The van der Waals surface area contributed by atoms with E-state index < -0.39 is 5.54 Å². The average Bonchev–Trinajstić information content (AvgIpc) is 2.81. The second kappa shape index (κ2) is 6.53. The first-order chi connectivity index (χ1) is 8.38. The molecule has 0 amide bonds. The van der Waals surface area contributed by atoms with E-state index in [1.807, 2.05) is 6.92 Å². The first-order valence-electron chi connectivity index (χ1n) is 7.06. The van der Waals surface area contributed by atoms with Crippen molar-refractivity contribution in [3.8, 4) is 0 Å². The van der Waals surface area contributed by atoms with Crippen LogP contribution in [0.15, 0.2) is 0 Å². The molecule has 0 saturated heterocycles. The van der Waals surface area contributed by atoms with E-state index in [0.717, 1.165) is 0 Å². The number of nitrogens with zero attached hydrogens (tertiary/aromatic N) is 1. The van der Waals surface area contributed by atoms with E-state index in [4.69, 9.17) is 10.5 Å². The number of carbonyl (C=O) groups is 1. The number of hydrogen-bond acceptors (Lipinski definition) is 4. The summed E-state index contributed by atoms with van der Waals surface area (Å²) in [5.41, 5.74) is 5.20. The summed E-state index contributed by atoms with van der Waals surface area (Å²) < 4.78 is 5.03. The van der Waals surface area contributed by atoms with Gasteiger partial charge in [0.15, 0.2) is 0 Å². The van der Waals surface area contributed by atoms with E-state index in [1.165, 1.54) is 25.7 Å². The van der Waals surface area contributed by atoms with Gasteiger partial charge < -0.3 is 15.4 Å². The molecule has 2 N–H and O–H groups in total. The molecule has 0 aromatic heterocycles. The van der Waals surface area contributed by atoms with Gasteiger partial charge in [0.05, 0.1) is 6.61 Å². The number of rotatable bonds is 6. The first kappa shape index (κ1) is 15.4. The Morgan fingerprint density at radius 2 is 2.06 bits per heavy atom. The maximum atomic E-state index is 11.8. The van der Waals surface area contributed by atoms with Gasteiger partial charge in [0.2, 0.25) is 0 Å². The lowest BCUT2D eigenvalue weighted by molar-refractivity contribution is -0.149. The molecule has 0 spiro atoms. The van der Waals surface area contributed by atoms with E-state index in [-0.39, 0.29) is 5.97 Å². The molecule has 1 fully saturated rings. The van der Waals surface area contributed by atoms with Crippen molar-refractivity contribution in [1.29, 1.82) is 0 Å². The van der Waals surface area contributed by atoms with Crippen molar-refractivity contribution in [3.63, 3.8) is 0 Å². The number of nitrogens with two attached hydrogens (primary N) is 1. The minimum atomic E-state index is -0.887. The van der Waals surface area contributed by atoms with Crippen LogP contribution in [0.5, 0.6) is 0 Å². The monoisotopic (exact) mass is 256 g/mol. The minimum absolute atomic E-state index is 0.295. The summed E-state index contributed by atoms with van der Waals surface area (Å²) >= 11 is 0. The van der Waals surface area contributed by atoms with E-state index in [9.17, 15) is 4.79 Å². The molecule has 0 aliphatic heterocycles. The third-order valence-corrected chi connectivity index (χ3v) is 4.06. The minimum Gasteiger partial charge on any atom is -0.465 e. The Morgan fingerprint density at radius 1 is 1.50 bits per heavy atom. The third kappa shape index (κ3) is 3.95. The second-order valence-electron chi connectivity index (χ2n) is 5.79. The van der Waals surface area contributed by atoms with Gasteiger partial charge in [-0.3, -0.25) is 4.79 Å². The summed E-state index contributed by atoms with van der Waals surface area (Å²) in [6.07, 6.45) is 5.81. The molecule has 0 radical (unpaired) electrons. The molecule has 2 atom stereocenters. The van der Waals surface area contributed by atoms with E-state index in [1.54, 1.807) is 6.92 Å². The van der Waals surface area contributed by atoms with E-state index in [0.29, 0.717) is 25.1 Å². The fourth-order valence-electron chi connectivity index (χ4n) is 2.81. The van der Waals surface area contributed by atoms with Gasteiger partial charge >= 0.3 is 5.97 Å². The molecule has 0 bridgehead atoms. The molecule has 18 heavy (non-hydrogen) atoms. The molecular weight excluding hydrogens is 228 g/mol. The van der Waals surface area contributed by atoms with Crippen molar-refractivity contribution in [1.82, 2.24) is 4.90 Å². The van der Waals surface area contributed by atoms with Crippen LogP contribution < -0.4 is 5.73 Å². The van der Waals surface area contributed by atoms with E-state index >= 15 is 0 Å². The highest BCUT2D eigenvalue weighted by Crippen LogP contribution is 2.26. The van der Waals surface area contributed by atoms with Crippen LogP contribution in [-0.4, -0.2) is 42.1 Å². The van der Waals surface area contributed by atoms with Crippen molar-refractivity contribution in [2.24, 2.45) is 5.73 Å². The summed E-state index contributed by atoms with van der Waals surface area (Å²) in [5, 5.41) is 0. The Balaban J connectivity index is 2.51. The molecule has 0 heterocycles. The Hall–Kier alpha value is -0.610. The number of esters is 1. The average molecular weight is 256 g/mol. The van der Waals surface area contributed by atoms with Crippen LogP contribution in [0, 0.1) is 0 Å². The molecule has 106 valence electrons. The van der Waals surface area contributed by atoms with Gasteiger partial charge in [0.25, 0.3) is 0 Å². The number of carbonyl (C=O) groups excluding carboxylic acids is 1. The predicted molar refractivity (Wildman–Crippen MR) is 73.3 cm³/mol. The highest BCUT2D eigenvalue weighted by atomic mass is 16.5. The Labute approximate surface area is 111 Å². The molecule has 2 unspecified atom stereocenters. The van der Waals surface area contributed by atoms with Crippen LogP contribution in [0.1, 0.15) is 52.9 Å². The van der Waals surface area contributed by atoms with Crippen LogP contribution >= 0.6 is 0 Å². The fraction of sp³-hybridized carbons (Fsp3) is 0.929. The predicted octanol–water partition coefficient (Wildman–Crippen LogP) is 1.92. The zero-order chi connectivity index (χ0) is 13.8. The van der Waals surface area contributed by atoms with Gasteiger partial charge in [-0.15, -0.1) is 0 Å².